The topological polar surface area (TPSA) is 8.88 Å². The van der Waals surface area contributed by atoms with Crippen molar-refractivity contribution in [2.24, 2.45) is 5.92 Å². The third-order valence-electron chi connectivity index (χ3n) is 4.02. The van der Waals surface area contributed by atoms with Crippen LogP contribution in [0.15, 0.2) is 0 Å². The van der Waals surface area contributed by atoms with E-state index in [9.17, 15) is 0 Å². The molecule has 0 amide bonds. The van der Waals surface area contributed by atoms with Crippen molar-refractivity contribution in [3.8, 4) is 0 Å². The Hall–Kier alpha value is -0.0800. The van der Waals surface area contributed by atoms with Gasteiger partial charge in [-0.25, -0.2) is 0 Å². The molecule has 76 valence electrons. The van der Waals surface area contributed by atoms with E-state index in [1.165, 1.54) is 45.4 Å². The highest BCUT2D eigenvalue weighted by Crippen LogP contribution is 2.22. The van der Waals surface area contributed by atoms with Gasteiger partial charge in [0.25, 0.3) is 0 Å². The molecule has 0 spiro atoms. The van der Waals surface area contributed by atoms with Gasteiger partial charge < -0.3 is 9.80 Å². The lowest BCUT2D eigenvalue weighted by atomic mass is 10.1. The number of hydrogen-bond acceptors (Lipinski definition) is 0. The molecule has 0 radical (unpaired) electrons. The second-order valence-electron chi connectivity index (χ2n) is 5.23. The molecular formula is C11H24N2+2. The van der Waals surface area contributed by atoms with Crippen molar-refractivity contribution in [1.82, 2.24) is 0 Å². The van der Waals surface area contributed by atoms with Gasteiger partial charge in [0.05, 0.1) is 13.1 Å². The molecule has 2 rings (SSSR count). The molecule has 1 aliphatic carbocycles. The summed E-state index contributed by atoms with van der Waals surface area (Å²) in [7, 11) is 2.33. The minimum absolute atomic E-state index is 1.00. The first-order valence-electron chi connectivity index (χ1n) is 5.91. The van der Waals surface area contributed by atoms with E-state index < -0.39 is 0 Å². The van der Waals surface area contributed by atoms with Crippen LogP contribution < -0.4 is 9.80 Å². The average molecular weight is 184 g/mol. The lowest BCUT2D eigenvalue weighted by molar-refractivity contribution is -1.02. The Kier molecular flexibility index (Phi) is 2.89. The maximum absolute atomic E-state index is 2.42. The summed E-state index contributed by atoms with van der Waals surface area (Å²) in [6, 6.07) is 1.02. The van der Waals surface area contributed by atoms with Crippen molar-refractivity contribution in [3.05, 3.63) is 0 Å². The van der Waals surface area contributed by atoms with Crippen LogP contribution in [-0.2, 0) is 0 Å². The summed E-state index contributed by atoms with van der Waals surface area (Å²) in [5.41, 5.74) is 0. The van der Waals surface area contributed by atoms with Crippen molar-refractivity contribution < 1.29 is 9.80 Å². The fourth-order valence-corrected chi connectivity index (χ4v) is 2.98. The standard InChI is InChI=1S/C11H22N2/c1-10-3-4-11(9-10)13-7-5-12(2)6-8-13/h10-11H,3-9H2,1-2H3/p+2/t10-,11-/m1/s1. The van der Waals surface area contributed by atoms with Gasteiger partial charge in [-0.15, -0.1) is 0 Å². The molecule has 0 aromatic carbocycles. The number of hydrogen-bond donors (Lipinski definition) is 2. The van der Waals surface area contributed by atoms with Gasteiger partial charge in [0.1, 0.15) is 26.2 Å². The first kappa shape index (κ1) is 9.47. The first-order valence-corrected chi connectivity index (χ1v) is 5.91. The smallest absolute Gasteiger partial charge is 0.127 e. The lowest BCUT2D eigenvalue weighted by Gasteiger charge is -2.31. The molecule has 0 aromatic rings. The van der Waals surface area contributed by atoms with Crippen LogP contribution in [0.25, 0.3) is 0 Å². The fraction of sp³-hybridized carbons (Fsp3) is 1.00. The van der Waals surface area contributed by atoms with Crippen LogP contribution in [0.2, 0.25) is 0 Å². The molecule has 2 aliphatic rings. The van der Waals surface area contributed by atoms with Crippen molar-refractivity contribution in [2.45, 2.75) is 32.2 Å². The van der Waals surface area contributed by atoms with E-state index in [2.05, 4.69) is 14.0 Å². The van der Waals surface area contributed by atoms with E-state index >= 15 is 0 Å². The predicted molar refractivity (Wildman–Crippen MR) is 54.1 cm³/mol. The molecule has 2 N–H and O–H groups in total. The van der Waals surface area contributed by atoms with Crippen LogP contribution in [0.4, 0.5) is 0 Å². The Balaban J connectivity index is 1.81. The zero-order valence-corrected chi connectivity index (χ0v) is 9.10. The average Bonchev–Trinajstić information content (AvgIpc) is 2.53. The van der Waals surface area contributed by atoms with Crippen LogP contribution in [0.5, 0.6) is 0 Å². The van der Waals surface area contributed by atoms with E-state index in [0.717, 1.165) is 12.0 Å². The Morgan fingerprint density at radius 1 is 1.00 bits per heavy atom. The summed E-state index contributed by atoms with van der Waals surface area (Å²) in [4.78, 5) is 3.64. The van der Waals surface area contributed by atoms with Gasteiger partial charge in [-0.05, 0) is 18.8 Å². The maximum atomic E-state index is 2.42. The molecule has 2 nitrogen and oxygen atoms in total. The second-order valence-corrected chi connectivity index (χ2v) is 5.23. The van der Waals surface area contributed by atoms with E-state index in [0.29, 0.717) is 0 Å². The Morgan fingerprint density at radius 2 is 1.69 bits per heavy atom. The molecule has 1 saturated heterocycles. The first-order chi connectivity index (χ1) is 6.25. The van der Waals surface area contributed by atoms with Gasteiger partial charge in [0.15, 0.2) is 0 Å². The van der Waals surface area contributed by atoms with Gasteiger partial charge in [0.2, 0.25) is 0 Å². The molecule has 0 bridgehead atoms. The minimum Gasteiger partial charge on any atom is -0.328 e. The van der Waals surface area contributed by atoms with Crippen LogP contribution in [0.3, 0.4) is 0 Å². The monoisotopic (exact) mass is 184 g/mol. The zero-order chi connectivity index (χ0) is 9.26. The van der Waals surface area contributed by atoms with Crippen molar-refractivity contribution in [3.63, 3.8) is 0 Å². The van der Waals surface area contributed by atoms with Crippen molar-refractivity contribution >= 4 is 0 Å². The fourth-order valence-electron chi connectivity index (χ4n) is 2.98. The molecule has 0 aromatic heterocycles. The summed E-state index contributed by atoms with van der Waals surface area (Å²) in [5.74, 6) is 1.00. The largest absolute Gasteiger partial charge is 0.328 e. The van der Waals surface area contributed by atoms with Gasteiger partial charge in [0, 0.05) is 6.42 Å². The third-order valence-corrected chi connectivity index (χ3v) is 4.02. The normalized spacial score (nSPS) is 46.6. The Labute approximate surface area is 81.9 Å². The van der Waals surface area contributed by atoms with Gasteiger partial charge in [-0.3, -0.25) is 0 Å². The van der Waals surface area contributed by atoms with E-state index in [1.807, 2.05) is 4.90 Å². The summed E-state index contributed by atoms with van der Waals surface area (Å²) in [6.07, 6.45) is 4.47. The van der Waals surface area contributed by atoms with Crippen LogP contribution in [0, 0.1) is 5.92 Å². The summed E-state index contributed by atoms with van der Waals surface area (Å²) < 4.78 is 0. The highest BCUT2D eigenvalue weighted by molar-refractivity contribution is 4.71. The number of rotatable bonds is 1. The predicted octanol–water partition coefficient (Wildman–Crippen LogP) is -1.41. The molecule has 2 fully saturated rings. The SMILES string of the molecule is C[C@@H]1CC[C@@H]([NH+]2CC[NH+](C)CC2)C1. The molecule has 1 heterocycles. The van der Waals surface area contributed by atoms with Gasteiger partial charge >= 0.3 is 0 Å². The van der Waals surface area contributed by atoms with Gasteiger partial charge in [-0.1, -0.05) is 6.92 Å². The van der Waals surface area contributed by atoms with E-state index in [1.54, 1.807) is 4.90 Å². The maximum Gasteiger partial charge on any atom is 0.127 e. The van der Waals surface area contributed by atoms with Crippen LogP contribution in [0.1, 0.15) is 26.2 Å². The van der Waals surface area contributed by atoms with Crippen molar-refractivity contribution in [2.75, 3.05) is 33.2 Å². The molecule has 1 saturated carbocycles. The number of quaternary nitrogens is 2. The minimum atomic E-state index is 1.00. The van der Waals surface area contributed by atoms with Crippen LogP contribution >= 0.6 is 0 Å². The second kappa shape index (κ2) is 3.97. The third kappa shape index (κ3) is 2.23. The Morgan fingerprint density at radius 3 is 2.23 bits per heavy atom. The van der Waals surface area contributed by atoms with E-state index in [-0.39, 0.29) is 0 Å². The highest BCUT2D eigenvalue weighted by atomic mass is 15.3. The highest BCUT2D eigenvalue weighted by Gasteiger charge is 2.32. The Bertz CT molecular complexity index is 161. The van der Waals surface area contributed by atoms with Crippen molar-refractivity contribution in [1.29, 1.82) is 0 Å². The summed E-state index contributed by atoms with van der Waals surface area (Å²) >= 11 is 0. The molecule has 13 heavy (non-hydrogen) atoms. The number of likely N-dealkylation sites (N-methyl/N-ethyl adjacent to an activating group) is 1. The molecule has 0 unspecified atom stereocenters. The van der Waals surface area contributed by atoms with E-state index in [4.69, 9.17) is 0 Å². The van der Waals surface area contributed by atoms with Gasteiger partial charge in [-0.2, -0.15) is 0 Å². The number of nitrogens with one attached hydrogen (secondary N) is 2. The molecule has 2 atom stereocenters. The molecule has 2 heteroatoms. The lowest BCUT2D eigenvalue weighted by Crippen LogP contribution is -3.28. The molecular weight excluding hydrogens is 160 g/mol. The zero-order valence-electron chi connectivity index (χ0n) is 9.10. The quantitative estimate of drug-likeness (QED) is 0.495. The number of piperazine rings is 1. The van der Waals surface area contributed by atoms with Crippen LogP contribution in [-0.4, -0.2) is 39.3 Å². The molecule has 1 aliphatic heterocycles. The summed E-state index contributed by atoms with van der Waals surface area (Å²) in [6.45, 7) is 8.04. The summed E-state index contributed by atoms with van der Waals surface area (Å²) in [5, 5.41) is 0.